The summed E-state index contributed by atoms with van der Waals surface area (Å²) < 4.78 is 2.06. The van der Waals surface area contributed by atoms with Crippen molar-refractivity contribution in [3.8, 4) is 0 Å². The van der Waals surface area contributed by atoms with Gasteiger partial charge in [-0.15, -0.1) is 0 Å². The van der Waals surface area contributed by atoms with Crippen molar-refractivity contribution in [2.75, 3.05) is 32.7 Å². The Kier molecular flexibility index (Phi) is 4.24. The van der Waals surface area contributed by atoms with E-state index in [-0.39, 0.29) is 6.10 Å². The Hall–Kier alpha value is -1.43. The number of hydrogen-bond acceptors (Lipinski definition) is 4. The fraction of sp³-hybridized carbons (Fsp3) is 0.562. The Bertz CT molecular complexity index is 616. The topological polar surface area (TPSA) is 53.3 Å². The third-order valence-corrected chi connectivity index (χ3v) is 4.32. The minimum absolute atomic E-state index is 0.359. The second-order valence-corrected chi connectivity index (χ2v) is 6.03. The summed E-state index contributed by atoms with van der Waals surface area (Å²) in [6, 6.07) is 4.28. The molecule has 0 spiro atoms. The number of rotatable bonds is 4. The highest BCUT2D eigenvalue weighted by molar-refractivity contribution is 5.77. The van der Waals surface area contributed by atoms with E-state index in [0.717, 1.165) is 43.8 Å². The monoisotopic (exact) mass is 288 g/mol. The predicted molar refractivity (Wildman–Crippen MR) is 84.5 cm³/mol. The number of piperazine rings is 1. The highest BCUT2D eigenvalue weighted by Gasteiger charge is 2.15. The molecule has 5 nitrogen and oxygen atoms in total. The zero-order chi connectivity index (χ0) is 14.8. The molecule has 1 unspecified atom stereocenters. The van der Waals surface area contributed by atoms with Gasteiger partial charge in [0.05, 0.1) is 30.0 Å². The molecule has 0 aliphatic carbocycles. The molecule has 114 valence electrons. The van der Waals surface area contributed by atoms with E-state index in [4.69, 9.17) is 0 Å². The third-order valence-electron chi connectivity index (χ3n) is 4.32. The van der Waals surface area contributed by atoms with Gasteiger partial charge >= 0.3 is 0 Å². The van der Waals surface area contributed by atoms with Crippen molar-refractivity contribution in [1.29, 1.82) is 0 Å². The second kappa shape index (κ2) is 6.13. The van der Waals surface area contributed by atoms with Gasteiger partial charge in [0.25, 0.3) is 0 Å². The first kappa shape index (κ1) is 14.5. The molecular weight excluding hydrogens is 264 g/mol. The average Bonchev–Trinajstić information content (AvgIpc) is 2.83. The summed E-state index contributed by atoms with van der Waals surface area (Å²) in [5.74, 6) is 0. The van der Waals surface area contributed by atoms with Gasteiger partial charge in [-0.05, 0) is 37.1 Å². The van der Waals surface area contributed by atoms with Crippen LogP contribution in [0.4, 0.5) is 0 Å². The molecule has 1 aromatic heterocycles. The fourth-order valence-corrected chi connectivity index (χ4v) is 2.94. The van der Waals surface area contributed by atoms with Crippen LogP contribution in [0.2, 0.25) is 0 Å². The number of aryl methyl sites for hydroxylation is 2. The summed E-state index contributed by atoms with van der Waals surface area (Å²) in [4.78, 5) is 6.76. The zero-order valence-corrected chi connectivity index (χ0v) is 12.8. The maximum absolute atomic E-state index is 10.3. The van der Waals surface area contributed by atoms with Crippen molar-refractivity contribution in [2.24, 2.45) is 0 Å². The molecule has 1 aromatic carbocycles. The molecule has 5 heteroatoms. The molecule has 0 saturated carbocycles. The van der Waals surface area contributed by atoms with Crippen LogP contribution in [0.1, 0.15) is 11.1 Å². The lowest BCUT2D eigenvalue weighted by Crippen LogP contribution is -2.46. The molecule has 3 rings (SSSR count). The van der Waals surface area contributed by atoms with E-state index in [1.807, 2.05) is 6.33 Å². The first-order valence-electron chi connectivity index (χ1n) is 7.67. The molecule has 1 aliphatic rings. The molecule has 1 atom stereocenters. The number of imidazole rings is 1. The van der Waals surface area contributed by atoms with Crippen LogP contribution in [-0.2, 0) is 6.54 Å². The number of nitrogens with one attached hydrogen (secondary N) is 1. The summed E-state index contributed by atoms with van der Waals surface area (Å²) in [7, 11) is 0. The first-order chi connectivity index (χ1) is 10.1. The van der Waals surface area contributed by atoms with Crippen LogP contribution in [0, 0.1) is 13.8 Å². The standard InChI is InChI=1S/C16H24N4O/c1-12-7-15-16(8-13(12)2)20(11-18-15)10-14(21)9-19-5-3-17-4-6-19/h7-8,11,14,17,21H,3-6,9-10H2,1-2H3. The highest BCUT2D eigenvalue weighted by Crippen LogP contribution is 2.18. The van der Waals surface area contributed by atoms with Crippen molar-refractivity contribution in [3.63, 3.8) is 0 Å². The highest BCUT2D eigenvalue weighted by atomic mass is 16.3. The largest absolute Gasteiger partial charge is 0.390 e. The number of nitrogens with zero attached hydrogens (tertiary/aromatic N) is 3. The number of fused-ring (bicyclic) bond motifs is 1. The van der Waals surface area contributed by atoms with Crippen molar-refractivity contribution in [1.82, 2.24) is 19.8 Å². The number of β-amino-alcohol motifs (C(OH)–C–C–N with tert-alkyl or cyclic N) is 1. The summed E-state index contributed by atoms with van der Waals surface area (Å²) >= 11 is 0. The van der Waals surface area contributed by atoms with Crippen LogP contribution in [0.3, 0.4) is 0 Å². The van der Waals surface area contributed by atoms with Gasteiger partial charge in [0.2, 0.25) is 0 Å². The van der Waals surface area contributed by atoms with E-state index in [9.17, 15) is 5.11 Å². The van der Waals surface area contributed by atoms with Gasteiger partial charge in [-0.3, -0.25) is 4.90 Å². The zero-order valence-electron chi connectivity index (χ0n) is 12.8. The van der Waals surface area contributed by atoms with Crippen LogP contribution in [0.25, 0.3) is 11.0 Å². The summed E-state index contributed by atoms with van der Waals surface area (Å²) in [6.07, 6.45) is 1.48. The quantitative estimate of drug-likeness (QED) is 0.878. The number of aliphatic hydroxyl groups is 1. The lowest BCUT2D eigenvalue weighted by Gasteiger charge is -2.29. The normalized spacial score (nSPS) is 18.2. The third kappa shape index (κ3) is 3.26. The van der Waals surface area contributed by atoms with E-state index < -0.39 is 0 Å². The Balaban J connectivity index is 1.70. The number of hydrogen-bond donors (Lipinski definition) is 2. The lowest BCUT2D eigenvalue weighted by molar-refractivity contribution is 0.0926. The van der Waals surface area contributed by atoms with E-state index in [0.29, 0.717) is 6.54 Å². The average molecular weight is 288 g/mol. The summed E-state index contributed by atoms with van der Waals surface area (Å²) in [5.41, 5.74) is 4.64. The number of benzene rings is 1. The summed E-state index contributed by atoms with van der Waals surface area (Å²) in [5, 5.41) is 13.7. The van der Waals surface area contributed by atoms with Crippen LogP contribution in [0.5, 0.6) is 0 Å². The molecule has 1 fully saturated rings. The Labute approximate surface area is 125 Å². The molecule has 2 aromatic rings. The lowest BCUT2D eigenvalue weighted by atomic mass is 10.1. The first-order valence-corrected chi connectivity index (χ1v) is 7.67. The molecular formula is C16H24N4O. The van der Waals surface area contributed by atoms with Crippen molar-refractivity contribution < 1.29 is 5.11 Å². The van der Waals surface area contributed by atoms with Gasteiger partial charge in [-0.1, -0.05) is 0 Å². The Morgan fingerprint density at radius 2 is 1.90 bits per heavy atom. The van der Waals surface area contributed by atoms with Gasteiger partial charge in [-0.2, -0.15) is 0 Å². The minimum Gasteiger partial charge on any atom is -0.390 e. The molecule has 1 saturated heterocycles. The van der Waals surface area contributed by atoms with Gasteiger partial charge in [0, 0.05) is 32.7 Å². The van der Waals surface area contributed by atoms with Crippen LogP contribution in [0.15, 0.2) is 18.5 Å². The van der Waals surface area contributed by atoms with Gasteiger partial charge in [0.1, 0.15) is 0 Å². The molecule has 0 radical (unpaired) electrons. The van der Waals surface area contributed by atoms with Crippen LogP contribution >= 0.6 is 0 Å². The molecule has 21 heavy (non-hydrogen) atoms. The van der Waals surface area contributed by atoms with E-state index in [1.54, 1.807) is 0 Å². The van der Waals surface area contributed by atoms with Crippen molar-refractivity contribution in [2.45, 2.75) is 26.5 Å². The van der Waals surface area contributed by atoms with Crippen LogP contribution in [-0.4, -0.2) is 58.4 Å². The van der Waals surface area contributed by atoms with Crippen molar-refractivity contribution >= 4 is 11.0 Å². The molecule has 2 N–H and O–H groups in total. The minimum atomic E-state index is -0.359. The SMILES string of the molecule is Cc1cc2ncn(CC(O)CN3CCNCC3)c2cc1C. The van der Waals surface area contributed by atoms with E-state index >= 15 is 0 Å². The Morgan fingerprint density at radius 3 is 2.67 bits per heavy atom. The molecule has 1 aliphatic heterocycles. The van der Waals surface area contributed by atoms with E-state index in [1.165, 1.54) is 11.1 Å². The smallest absolute Gasteiger partial charge is 0.0959 e. The predicted octanol–water partition coefficient (Wildman–Crippen LogP) is 0.919. The van der Waals surface area contributed by atoms with Gasteiger partial charge in [0.15, 0.2) is 0 Å². The molecule has 0 amide bonds. The number of aliphatic hydroxyl groups excluding tert-OH is 1. The van der Waals surface area contributed by atoms with Crippen molar-refractivity contribution in [3.05, 3.63) is 29.6 Å². The maximum Gasteiger partial charge on any atom is 0.0959 e. The molecule has 2 heterocycles. The van der Waals surface area contributed by atoms with Crippen LogP contribution < -0.4 is 5.32 Å². The number of aromatic nitrogens is 2. The van der Waals surface area contributed by atoms with E-state index in [2.05, 4.69) is 45.7 Å². The molecule has 0 bridgehead atoms. The maximum atomic E-state index is 10.3. The Morgan fingerprint density at radius 1 is 1.19 bits per heavy atom. The fourth-order valence-electron chi connectivity index (χ4n) is 2.94. The van der Waals surface area contributed by atoms with Gasteiger partial charge < -0.3 is 15.0 Å². The summed E-state index contributed by atoms with van der Waals surface area (Å²) in [6.45, 7) is 9.60. The van der Waals surface area contributed by atoms with Gasteiger partial charge in [-0.25, -0.2) is 4.98 Å². The second-order valence-electron chi connectivity index (χ2n) is 6.03.